The molecule has 7 fully saturated rings. The van der Waals surface area contributed by atoms with Crippen LogP contribution in [-0.2, 0) is 28.4 Å². The zero-order valence-electron chi connectivity index (χ0n) is 32.7. The minimum absolute atomic E-state index is 0.0630. The van der Waals surface area contributed by atoms with Gasteiger partial charge in [0.1, 0.15) is 48.8 Å². The fourth-order valence-corrected chi connectivity index (χ4v) is 13.0. The number of fused-ring (bicyclic) bond motifs is 7. The molecule has 3 aliphatic heterocycles. The van der Waals surface area contributed by atoms with E-state index in [4.69, 9.17) is 28.4 Å². The first kappa shape index (κ1) is 41.6. The molecule has 14 heteroatoms. The average Bonchev–Trinajstić information content (AvgIpc) is 3.62. The molecule has 0 spiro atoms. The van der Waals surface area contributed by atoms with Crippen LogP contribution in [-0.4, -0.2) is 147 Å². The van der Waals surface area contributed by atoms with E-state index in [0.717, 1.165) is 44.9 Å². The van der Waals surface area contributed by atoms with Crippen LogP contribution < -0.4 is 0 Å². The normalized spacial score (nSPS) is 55.1. The second kappa shape index (κ2) is 15.9. The number of rotatable bonds is 11. The molecule has 3 heterocycles. The maximum atomic E-state index is 10.6. The summed E-state index contributed by atoms with van der Waals surface area (Å²) in [6.07, 6.45) is -2.91. The lowest BCUT2D eigenvalue weighted by molar-refractivity contribution is -0.316. The van der Waals surface area contributed by atoms with Crippen molar-refractivity contribution < 1.29 is 69.3 Å². The van der Waals surface area contributed by atoms with Crippen molar-refractivity contribution in [2.45, 2.75) is 171 Å². The van der Waals surface area contributed by atoms with Crippen molar-refractivity contribution >= 4 is 0 Å². The van der Waals surface area contributed by atoms with Crippen molar-refractivity contribution in [2.75, 3.05) is 26.9 Å². The Hall–Kier alpha value is -0.560. The molecule has 54 heavy (non-hydrogen) atoms. The first-order chi connectivity index (χ1) is 25.6. The van der Waals surface area contributed by atoms with E-state index < -0.39 is 80.4 Å². The lowest BCUT2D eigenvalue weighted by Crippen LogP contribution is -2.60. The molecule has 4 saturated carbocycles. The highest BCUT2D eigenvalue weighted by molar-refractivity contribution is 5.15. The second-order valence-corrected chi connectivity index (χ2v) is 18.8. The summed E-state index contributed by atoms with van der Waals surface area (Å²) in [5.74, 6) is 2.25. The van der Waals surface area contributed by atoms with Crippen LogP contribution in [0.1, 0.15) is 91.9 Å². The molecule has 0 aromatic rings. The number of aliphatic hydroxyl groups is 8. The van der Waals surface area contributed by atoms with E-state index in [1.54, 1.807) is 7.11 Å². The standard InChI is InChI=1S/C40H68O14/c1-19(18-50-36-34(47)32(45)30(43)27(16-41)52-36)8-13-40(49-5)20(2)29-26(54-40)15-25-23-7-6-21-14-22(9-11-38(21,3)24(23)10-12-39(25,29)4)51-37-35(48)33(46)31(44)28(17-42)53-37/h19-37,41-48H,6-18H2,1-5H3/t19-,20+,21+,22-,23-,24+,25+,26+,27-,28-,29+,30-,31-,32+,33+,34-,35-,36-,37-,38+,39+,40-/m1/s1. The molecule has 14 nitrogen and oxygen atoms in total. The number of hydrogen-bond donors (Lipinski definition) is 8. The molecule has 0 aromatic heterocycles. The molecule has 0 amide bonds. The molecule has 0 unspecified atom stereocenters. The summed E-state index contributed by atoms with van der Waals surface area (Å²) < 4.78 is 36.7. The van der Waals surface area contributed by atoms with Crippen LogP contribution in [0.4, 0.5) is 0 Å². The lowest BCUT2D eigenvalue weighted by atomic mass is 9.44. The van der Waals surface area contributed by atoms with E-state index in [2.05, 4.69) is 27.7 Å². The first-order valence-corrected chi connectivity index (χ1v) is 20.7. The van der Waals surface area contributed by atoms with Gasteiger partial charge < -0.3 is 69.3 Å². The lowest BCUT2D eigenvalue weighted by Gasteiger charge is -2.61. The molecule has 0 aromatic carbocycles. The Bertz CT molecular complexity index is 1270. The molecule has 0 bridgehead atoms. The minimum atomic E-state index is -1.47. The van der Waals surface area contributed by atoms with Gasteiger partial charge in [-0.25, -0.2) is 0 Å². The van der Waals surface area contributed by atoms with Crippen LogP contribution in [0.3, 0.4) is 0 Å². The summed E-state index contributed by atoms with van der Waals surface area (Å²) in [7, 11) is 1.75. The van der Waals surface area contributed by atoms with E-state index in [1.807, 2.05) is 0 Å². The molecule has 7 aliphatic rings. The number of aliphatic hydroxyl groups excluding tert-OH is 8. The molecule has 8 N–H and O–H groups in total. The Kier molecular flexibility index (Phi) is 12.2. The van der Waals surface area contributed by atoms with Crippen molar-refractivity contribution in [1.82, 2.24) is 0 Å². The van der Waals surface area contributed by atoms with Crippen LogP contribution in [0.5, 0.6) is 0 Å². The predicted molar refractivity (Wildman–Crippen MR) is 191 cm³/mol. The fraction of sp³-hybridized carbons (Fsp3) is 1.00. The quantitative estimate of drug-likeness (QED) is 0.138. The minimum Gasteiger partial charge on any atom is -0.394 e. The van der Waals surface area contributed by atoms with Gasteiger partial charge in [0.05, 0.1) is 32.0 Å². The Morgan fingerprint density at radius 3 is 2.02 bits per heavy atom. The van der Waals surface area contributed by atoms with Gasteiger partial charge >= 0.3 is 0 Å². The van der Waals surface area contributed by atoms with Gasteiger partial charge in [-0.2, -0.15) is 0 Å². The molecule has 3 saturated heterocycles. The average molecular weight is 773 g/mol. The molecule has 4 aliphatic carbocycles. The van der Waals surface area contributed by atoms with Gasteiger partial charge in [-0.1, -0.05) is 27.7 Å². The summed E-state index contributed by atoms with van der Waals surface area (Å²) in [6, 6.07) is 0. The van der Waals surface area contributed by atoms with Crippen molar-refractivity contribution in [3.63, 3.8) is 0 Å². The first-order valence-electron chi connectivity index (χ1n) is 20.7. The van der Waals surface area contributed by atoms with Crippen LogP contribution in [0.25, 0.3) is 0 Å². The van der Waals surface area contributed by atoms with E-state index in [0.29, 0.717) is 36.0 Å². The van der Waals surface area contributed by atoms with Crippen LogP contribution in [0.2, 0.25) is 0 Å². The van der Waals surface area contributed by atoms with Crippen LogP contribution in [0, 0.1) is 52.3 Å². The number of ether oxygens (including phenoxy) is 6. The zero-order valence-corrected chi connectivity index (χ0v) is 32.7. The third-order valence-corrected chi connectivity index (χ3v) is 16.2. The summed E-state index contributed by atoms with van der Waals surface area (Å²) in [5.41, 5.74) is 0.337. The van der Waals surface area contributed by atoms with Crippen molar-refractivity contribution in [2.24, 2.45) is 52.3 Å². The number of hydrogen-bond acceptors (Lipinski definition) is 14. The van der Waals surface area contributed by atoms with Gasteiger partial charge in [0.2, 0.25) is 0 Å². The summed E-state index contributed by atoms with van der Waals surface area (Å²) in [5, 5.41) is 80.9. The molecule has 312 valence electrons. The van der Waals surface area contributed by atoms with E-state index >= 15 is 0 Å². The van der Waals surface area contributed by atoms with Crippen LogP contribution in [0.15, 0.2) is 0 Å². The summed E-state index contributed by atoms with van der Waals surface area (Å²) >= 11 is 0. The predicted octanol–water partition coefficient (Wildman–Crippen LogP) is 1.05. The van der Waals surface area contributed by atoms with Gasteiger partial charge in [-0.05, 0) is 104 Å². The Labute approximate surface area is 319 Å². The third-order valence-electron chi connectivity index (χ3n) is 16.2. The van der Waals surface area contributed by atoms with Gasteiger partial charge in [0, 0.05) is 19.4 Å². The monoisotopic (exact) mass is 772 g/mol. The second-order valence-electron chi connectivity index (χ2n) is 18.8. The summed E-state index contributed by atoms with van der Waals surface area (Å²) in [6.45, 7) is 8.66. The Balaban J connectivity index is 0.946. The maximum Gasteiger partial charge on any atom is 0.186 e. The van der Waals surface area contributed by atoms with Crippen molar-refractivity contribution in [3.05, 3.63) is 0 Å². The SMILES string of the molecule is CO[C@]1(CC[C@@H](C)CO[C@@H]2O[C@H](CO)[C@@H](O)[C@H](O)[C@H]2O)O[C@H]2C[C@H]3[C@@H]4CC[C@H]5C[C@H](O[C@@H]6O[C@H](CO)[C@@H](O)[C@H](O)[C@H]6O)CC[C@]5(C)[C@H]4CC[C@]3(C)[C@H]2[C@@H]1C. The van der Waals surface area contributed by atoms with E-state index in [1.165, 1.54) is 12.8 Å². The zero-order chi connectivity index (χ0) is 38.9. The molecular formula is C40H68O14. The Morgan fingerprint density at radius 2 is 1.37 bits per heavy atom. The van der Waals surface area contributed by atoms with Crippen molar-refractivity contribution in [3.8, 4) is 0 Å². The third kappa shape index (κ3) is 6.93. The number of methoxy groups -OCH3 is 1. The van der Waals surface area contributed by atoms with E-state index in [-0.39, 0.29) is 41.5 Å². The van der Waals surface area contributed by atoms with Gasteiger partial charge in [-0.15, -0.1) is 0 Å². The smallest absolute Gasteiger partial charge is 0.186 e. The largest absolute Gasteiger partial charge is 0.394 e. The highest BCUT2D eigenvalue weighted by atomic mass is 16.7. The molecule has 22 atom stereocenters. The van der Waals surface area contributed by atoms with Crippen molar-refractivity contribution in [1.29, 1.82) is 0 Å². The highest BCUT2D eigenvalue weighted by Gasteiger charge is 2.68. The van der Waals surface area contributed by atoms with Crippen LogP contribution >= 0.6 is 0 Å². The maximum absolute atomic E-state index is 10.6. The molecule has 0 radical (unpaired) electrons. The fourth-order valence-electron chi connectivity index (χ4n) is 13.0. The Morgan fingerprint density at radius 1 is 0.741 bits per heavy atom. The van der Waals surface area contributed by atoms with E-state index in [9.17, 15) is 40.9 Å². The summed E-state index contributed by atoms with van der Waals surface area (Å²) in [4.78, 5) is 0. The van der Waals surface area contributed by atoms with Gasteiger partial charge in [0.25, 0.3) is 0 Å². The molecular weight excluding hydrogens is 704 g/mol. The van der Waals surface area contributed by atoms with Gasteiger partial charge in [-0.3, -0.25) is 0 Å². The van der Waals surface area contributed by atoms with Gasteiger partial charge in [0.15, 0.2) is 18.4 Å². The molecule has 7 rings (SSSR count). The topological polar surface area (TPSA) is 217 Å². The highest BCUT2D eigenvalue weighted by Crippen LogP contribution is 2.71.